The van der Waals surface area contributed by atoms with Crippen LogP contribution in [-0.4, -0.2) is 18.3 Å². The van der Waals surface area contributed by atoms with Crippen LogP contribution >= 0.6 is 0 Å². The van der Waals surface area contributed by atoms with Crippen LogP contribution in [0.5, 0.6) is 5.75 Å². The number of methoxy groups -OCH3 is 1. The van der Waals surface area contributed by atoms with Crippen LogP contribution in [0.4, 0.5) is 5.88 Å². The Labute approximate surface area is 110 Å². The summed E-state index contributed by atoms with van der Waals surface area (Å²) < 4.78 is 10.3. The fraction of sp³-hybridized carbons (Fsp3) is 0.154. The van der Waals surface area contributed by atoms with E-state index in [2.05, 4.69) is 15.5 Å². The molecule has 1 N–H and O–H groups in total. The van der Waals surface area contributed by atoms with Crippen molar-refractivity contribution in [1.29, 1.82) is 5.26 Å². The summed E-state index contributed by atoms with van der Waals surface area (Å²) in [6.45, 7) is 1.66. The first-order chi connectivity index (χ1) is 9.22. The van der Waals surface area contributed by atoms with Crippen LogP contribution in [0.2, 0.25) is 0 Å². The van der Waals surface area contributed by atoms with Crippen molar-refractivity contribution in [2.45, 2.75) is 6.92 Å². The van der Waals surface area contributed by atoms with Gasteiger partial charge in [0.25, 0.3) is 5.88 Å². The first-order valence-corrected chi connectivity index (χ1v) is 5.53. The number of aromatic nitrogens is 1. The number of hydrogen-bond acceptors (Lipinski definition) is 6. The minimum absolute atomic E-state index is 0.181. The number of benzene rings is 1. The summed E-state index contributed by atoms with van der Waals surface area (Å²) in [6, 6.07) is 9.34. The van der Waals surface area contributed by atoms with Gasteiger partial charge >= 0.3 is 0 Å². The Morgan fingerprint density at radius 3 is 3.11 bits per heavy atom. The van der Waals surface area contributed by atoms with Crippen LogP contribution in [-0.2, 0) is 0 Å². The van der Waals surface area contributed by atoms with Crippen molar-refractivity contribution in [3.05, 3.63) is 41.4 Å². The van der Waals surface area contributed by atoms with Crippen molar-refractivity contribution in [1.82, 2.24) is 4.98 Å². The fourth-order valence-electron chi connectivity index (χ4n) is 1.47. The van der Waals surface area contributed by atoms with Gasteiger partial charge in [-0.3, -0.25) is 0 Å². The van der Waals surface area contributed by atoms with Gasteiger partial charge in [0.15, 0.2) is 5.89 Å². The van der Waals surface area contributed by atoms with Crippen LogP contribution in [0.25, 0.3) is 0 Å². The number of ether oxygens (including phenoxy) is 1. The number of nitrogens with one attached hydrogen (secondary N) is 1. The summed E-state index contributed by atoms with van der Waals surface area (Å²) in [5, 5.41) is 12.8. The highest BCUT2D eigenvalue weighted by molar-refractivity contribution is 5.80. The number of nitrogens with zero attached hydrogens (tertiary/aromatic N) is 3. The van der Waals surface area contributed by atoms with Crippen molar-refractivity contribution < 1.29 is 9.15 Å². The molecule has 0 spiro atoms. The van der Waals surface area contributed by atoms with Gasteiger partial charge in [-0.05, 0) is 17.7 Å². The summed E-state index contributed by atoms with van der Waals surface area (Å²) >= 11 is 0. The Balaban J connectivity index is 2.09. The number of rotatable bonds is 4. The van der Waals surface area contributed by atoms with Gasteiger partial charge in [0.1, 0.15) is 11.8 Å². The van der Waals surface area contributed by atoms with E-state index in [0.717, 1.165) is 11.3 Å². The van der Waals surface area contributed by atoms with Gasteiger partial charge in [-0.1, -0.05) is 12.1 Å². The molecule has 0 unspecified atom stereocenters. The van der Waals surface area contributed by atoms with Crippen LogP contribution in [0.1, 0.15) is 17.1 Å². The molecular formula is C13H12N4O2. The summed E-state index contributed by atoms with van der Waals surface area (Å²) in [5.41, 5.74) is 3.69. The van der Waals surface area contributed by atoms with E-state index in [9.17, 15) is 0 Å². The highest BCUT2D eigenvalue weighted by Gasteiger charge is 2.08. The molecule has 0 saturated heterocycles. The highest BCUT2D eigenvalue weighted by atomic mass is 16.5. The smallest absolute Gasteiger partial charge is 0.252 e. The van der Waals surface area contributed by atoms with Crippen LogP contribution in [0.3, 0.4) is 0 Å². The molecule has 0 atom stereocenters. The van der Waals surface area contributed by atoms with Gasteiger partial charge in [-0.2, -0.15) is 10.4 Å². The largest absolute Gasteiger partial charge is 0.497 e. The molecule has 0 aliphatic rings. The molecule has 0 aliphatic carbocycles. The molecule has 0 fully saturated rings. The van der Waals surface area contributed by atoms with Gasteiger partial charge in [0.05, 0.1) is 13.3 Å². The van der Waals surface area contributed by atoms with Gasteiger partial charge in [0.2, 0.25) is 5.69 Å². The van der Waals surface area contributed by atoms with Crippen molar-refractivity contribution in [3.8, 4) is 11.8 Å². The van der Waals surface area contributed by atoms with E-state index in [1.807, 2.05) is 30.3 Å². The quantitative estimate of drug-likeness (QED) is 0.670. The molecule has 0 aliphatic heterocycles. The summed E-state index contributed by atoms with van der Waals surface area (Å²) in [7, 11) is 1.60. The maximum atomic E-state index is 8.84. The molecule has 0 saturated carbocycles. The van der Waals surface area contributed by atoms with Gasteiger partial charge in [0, 0.05) is 6.92 Å². The Morgan fingerprint density at radius 1 is 1.53 bits per heavy atom. The second-order valence-electron chi connectivity index (χ2n) is 3.67. The highest BCUT2D eigenvalue weighted by Crippen LogP contribution is 2.15. The summed E-state index contributed by atoms with van der Waals surface area (Å²) in [4.78, 5) is 3.90. The predicted molar refractivity (Wildman–Crippen MR) is 70.2 cm³/mol. The molecule has 6 heteroatoms. The zero-order valence-electron chi connectivity index (χ0n) is 10.5. The van der Waals surface area contributed by atoms with E-state index < -0.39 is 0 Å². The molecule has 19 heavy (non-hydrogen) atoms. The van der Waals surface area contributed by atoms with Crippen LogP contribution in [0, 0.1) is 18.3 Å². The maximum Gasteiger partial charge on any atom is 0.252 e. The van der Waals surface area contributed by atoms with E-state index >= 15 is 0 Å². The Bertz CT molecular complexity index is 640. The molecule has 2 rings (SSSR count). The minimum atomic E-state index is 0.181. The Morgan fingerprint density at radius 2 is 2.37 bits per heavy atom. The third-order valence-corrected chi connectivity index (χ3v) is 2.31. The normalized spacial score (nSPS) is 10.4. The summed E-state index contributed by atoms with van der Waals surface area (Å²) in [5.74, 6) is 1.40. The van der Waals surface area contributed by atoms with Crippen molar-refractivity contribution in [3.63, 3.8) is 0 Å². The second-order valence-corrected chi connectivity index (χ2v) is 3.67. The summed E-state index contributed by atoms with van der Waals surface area (Å²) in [6.07, 6.45) is 1.60. The van der Waals surface area contributed by atoms with Gasteiger partial charge < -0.3 is 9.15 Å². The molecular weight excluding hydrogens is 244 g/mol. The maximum absolute atomic E-state index is 8.84. The Hall–Kier alpha value is -2.81. The topological polar surface area (TPSA) is 83.4 Å². The van der Waals surface area contributed by atoms with Gasteiger partial charge in [-0.15, -0.1) is 0 Å². The molecule has 0 bridgehead atoms. The lowest BCUT2D eigenvalue weighted by atomic mass is 10.2. The first kappa shape index (κ1) is 12.6. The second kappa shape index (κ2) is 5.69. The van der Waals surface area contributed by atoms with Crippen LogP contribution in [0.15, 0.2) is 33.8 Å². The number of hydrogen-bond donors (Lipinski definition) is 1. The molecule has 0 amide bonds. The van der Waals surface area contributed by atoms with E-state index in [1.165, 1.54) is 0 Å². The molecule has 1 aromatic heterocycles. The average Bonchev–Trinajstić information content (AvgIpc) is 2.79. The number of anilines is 1. The number of oxazole rings is 1. The SMILES string of the molecule is COc1cccc(C=NNc2oc(C)nc2C#N)c1. The minimum Gasteiger partial charge on any atom is -0.497 e. The molecule has 0 radical (unpaired) electrons. The molecule has 6 nitrogen and oxygen atoms in total. The zero-order chi connectivity index (χ0) is 13.7. The number of hydrazone groups is 1. The standard InChI is InChI=1S/C13H12N4O2/c1-9-16-12(7-14)13(19-9)17-15-8-10-4-3-5-11(6-10)18-2/h3-6,8,17H,1-2H3. The van der Waals surface area contributed by atoms with Crippen molar-refractivity contribution >= 4 is 12.1 Å². The lowest BCUT2D eigenvalue weighted by Gasteiger charge is -1.99. The van der Waals surface area contributed by atoms with E-state index in [1.54, 1.807) is 20.2 Å². The van der Waals surface area contributed by atoms with Crippen molar-refractivity contribution in [2.24, 2.45) is 5.10 Å². The third kappa shape index (κ3) is 3.10. The van der Waals surface area contributed by atoms with Crippen molar-refractivity contribution in [2.75, 3.05) is 12.5 Å². The fourth-order valence-corrected chi connectivity index (χ4v) is 1.47. The first-order valence-electron chi connectivity index (χ1n) is 5.53. The molecule has 1 heterocycles. The lowest BCUT2D eigenvalue weighted by molar-refractivity contribution is 0.415. The predicted octanol–water partition coefficient (Wildman–Crippen LogP) is 2.31. The molecule has 1 aromatic carbocycles. The lowest BCUT2D eigenvalue weighted by Crippen LogP contribution is -1.92. The van der Waals surface area contributed by atoms with E-state index in [0.29, 0.717) is 5.89 Å². The molecule has 96 valence electrons. The van der Waals surface area contributed by atoms with Crippen LogP contribution < -0.4 is 10.2 Å². The van der Waals surface area contributed by atoms with Gasteiger partial charge in [-0.25, -0.2) is 10.4 Å². The van der Waals surface area contributed by atoms with E-state index in [-0.39, 0.29) is 11.6 Å². The number of aryl methyl sites for hydroxylation is 1. The monoisotopic (exact) mass is 256 g/mol. The zero-order valence-corrected chi connectivity index (χ0v) is 10.5. The number of nitriles is 1. The average molecular weight is 256 g/mol. The Kier molecular flexibility index (Phi) is 3.78. The third-order valence-electron chi connectivity index (χ3n) is 2.31. The molecule has 2 aromatic rings. The van der Waals surface area contributed by atoms with E-state index in [4.69, 9.17) is 14.4 Å².